The number of methoxy groups -OCH3 is 1. The van der Waals surface area contributed by atoms with Crippen molar-refractivity contribution < 1.29 is 22.7 Å². The Hall–Kier alpha value is -2.69. The average molecular weight is 423 g/mol. The van der Waals surface area contributed by atoms with Gasteiger partial charge in [0.2, 0.25) is 0 Å². The van der Waals surface area contributed by atoms with Crippen LogP contribution in [0.5, 0.6) is 0 Å². The number of hydrogen-bond donors (Lipinski definition) is 2. The minimum absolute atomic E-state index is 0.0911. The highest BCUT2D eigenvalue weighted by Gasteiger charge is 2.22. The highest BCUT2D eigenvalue weighted by Crippen LogP contribution is 2.28. The number of carbonyl (C=O) groups excluding carboxylic acids is 2. The van der Waals surface area contributed by atoms with Crippen LogP contribution in [0, 0.1) is 0 Å². The van der Waals surface area contributed by atoms with E-state index in [1.807, 2.05) is 0 Å². The predicted octanol–water partition coefficient (Wildman–Crippen LogP) is 3.65. The van der Waals surface area contributed by atoms with Gasteiger partial charge in [-0.1, -0.05) is 18.2 Å². The Morgan fingerprint density at radius 1 is 0.926 bits per heavy atom. The standard InChI is InChI=1S/C17H14N2O5S3/c1-24-17(21)15-12(7-9-26-15)18-16(20)14-13(8-10-25-14)19-27(22,23)11-5-3-2-4-6-11/h2-10,19H,1H3,(H,18,20). The van der Waals surface area contributed by atoms with Crippen LogP contribution in [-0.4, -0.2) is 27.4 Å². The van der Waals surface area contributed by atoms with Gasteiger partial charge in [-0.15, -0.1) is 22.7 Å². The van der Waals surface area contributed by atoms with Gasteiger partial charge in [0, 0.05) is 0 Å². The number of esters is 1. The van der Waals surface area contributed by atoms with Crippen molar-refractivity contribution in [3.05, 3.63) is 63.0 Å². The number of carbonyl (C=O) groups is 2. The van der Waals surface area contributed by atoms with Crippen LogP contribution in [0.15, 0.2) is 58.1 Å². The molecule has 27 heavy (non-hydrogen) atoms. The van der Waals surface area contributed by atoms with Gasteiger partial charge in [-0.2, -0.15) is 0 Å². The summed E-state index contributed by atoms with van der Waals surface area (Å²) in [4.78, 5) is 24.8. The Bertz CT molecular complexity index is 1070. The van der Waals surface area contributed by atoms with Gasteiger partial charge in [0.1, 0.15) is 9.75 Å². The lowest BCUT2D eigenvalue weighted by Crippen LogP contribution is -2.17. The normalized spacial score (nSPS) is 11.0. The molecule has 1 amide bonds. The van der Waals surface area contributed by atoms with E-state index in [1.165, 1.54) is 25.3 Å². The molecule has 0 fully saturated rings. The van der Waals surface area contributed by atoms with E-state index in [4.69, 9.17) is 0 Å². The van der Waals surface area contributed by atoms with Crippen molar-refractivity contribution in [1.82, 2.24) is 0 Å². The Kier molecular flexibility index (Phi) is 5.59. The summed E-state index contributed by atoms with van der Waals surface area (Å²) in [6, 6.07) is 10.9. The number of sulfonamides is 1. The Morgan fingerprint density at radius 3 is 2.22 bits per heavy atom. The SMILES string of the molecule is COC(=O)c1sccc1NC(=O)c1sccc1NS(=O)(=O)c1ccccc1. The van der Waals surface area contributed by atoms with Crippen molar-refractivity contribution in [1.29, 1.82) is 0 Å². The zero-order valence-corrected chi connectivity index (χ0v) is 16.4. The molecule has 3 rings (SSSR count). The lowest BCUT2D eigenvalue weighted by molar-refractivity contribution is 0.0607. The fourth-order valence-electron chi connectivity index (χ4n) is 2.21. The molecule has 0 atom stereocenters. The summed E-state index contributed by atoms with van der Waals surface area (Å²) >= 11 is 2.22. The topological polar surface area (TPSA) is 102 Å². The molecule has 0 saturated heterocycles. The number of amides is 1. The van der Waals surface area contributed by atoms with Crippen LogP contribution >= 0.6 is 22.7 Å². The van der Waals surface area contributed by atoms with Crippen LogP contribution in [0.1, 0.15) is 19.3 Å². The Labute approximate surface area is 163 Å². The molecule has 0 bridgehead atoms. The summed E-state index contributed by atoms with van der Waals surface area (Å²) in [5.74, 6) is -1.09. The van der Waals surface area contributed by atoms with Crippen molar-refractivity contribution in [2.24, 2.45) is 0 Å². The van der Waals surface area contributed by atoms with E-state index in [-0.39, 0.29) is 20.3 Å². The Morgan fingerprint density at radius 2 is 1.56 bits per heavy atom. The number of ether oxygens (including phenoxy) is 1. The first-order valence-corrected chi connectivity index (χ1v) is 10.8. The summed E-state index contributed by atoms with van der Waals surface area (Å²) < 4.78 is 32.1. The van der Waals surface area contributed by atoms with Crippen LogP contribution in [0.4, 0.5) is 11.4 Å². The van der Waals surface area contributed by atoms with E-state index < -0.39 is 21.9 Å². The van der Waals surface area contributed by atoms with Gasteiger partial charge in [-0.05, 0) is 35.0 Å². The van der Waals surface area contributed by atoms with Crippen LogP contribution < -0.4 is 10.0 Å². The molecule has 140 valence electrons. The van der Waals surface area contributed by atoms with Gasteiger partial charge in [0.25, 0.3) is 15.9 Å². The minimum Gasteiger partial charge on any atom is -0.465 e. The van der Waals surface area contributed by atoms with Crippen molar-refractivity contribution in [3.8, 4) is 0 Å². The molecule has 10 heteroatoms. The summed E-state index contributed by atoms with van der Waals surface area (Å²) in [5, 5.41) is 5.87. The molecule has 0 aliphatic heterocycles. The smallest absolute Gasteiger partial charge is 0.350 e. The molecule has 0 aliphatic carbocycles. The third-order valence-electron chi connectivity index (χ3n) is 3.45. The van der Waals surface area contributed by atoms with Crippen LogP contribution in [0.25, 0.3) is 0 Å². The van der Waals surface area contributed by atoms with Gasteiger partial charge in [0.15, 0.2) is 0 Å². The highest BCUT2D eigenvalue weighted by molar-refractivity contribution is 7.92. The highest BCUT2D eigenvalue weighted by atomic mass is 32.2. The van der Waals surface area contributed by atoms with E-state index in [0.717, 1.165) is 22.7 Å². The third-order valence-corrected chi connectivity index (χ3v) is 6.64. The molecular formula is C17H14N2O5S3. The molecular weight excluding hydrogens is 408 g/mol. The van der Waals surface area contributed by atoms with Gasteiger partial charge >= 0.3 is 5.97 Å². The van der Waals surface area contributed by atoms with E-state index in [2.05, 4.69) is 14.8 Å². The monoisotopic (exact) mass is 422 g/mol. The van der Waals surface area contributed by atoms with E-state index >= 15 is 0 Å². The first-order valence-electron chi connectivity index (χ1n) is 7.55. The molecule has 3 aromatic rings. The molecule has 2 aromatic heterocycles. The van der Waals surface area contributed by atoms with E-state index in [1.54, 1.807) is 35.0 Å². The molecule has 7 nitrogen and oxygen atoms in total. The van der Waals surface area contributed by atoms with E-state index in [9.17, 15) is 18.0 Å². The van der Waals surface area contributed by atoms with Crippen LogP contribution in [0.3, 0.4) is 0 Å². The second-order valence-electron chi connectivity index (χ2n) is 5.19. The second kappa shape index (κ2) is 7.91. The largest absolute Gasteiger partial charge is 0.465 e. The van der Waals surface area contributed by atoms with Crippen molar-refractivity contribution in [3.63, 3.8) is 0 Å². The van der Waals surface area contributed by atoms with Gasteiger partial charge < -0.3 is 10.1 Å². The van der Waals surface area contributed by atoms with Crippen LogP contribution in [0.2, 0.25) is 0 Å². The zero-order valence-electron chi connectivity index (χ0n) is 14.0. The number of nitrogens with one attached hydrogen (secondary N) is 2. The average Bonchev–Trinajstić information content (AvgIpc) is 3.31. The summed E-state index contributed by atoms with van der Waals surface area (Å²) in [5.41, 5.74) is 0.471. The minimum atomic E-state index is -3.82. The molecule has 0 saturated carbocycles. The van der Waals surface area contributed by atoms with Crippen LogP contribution in [-0.2, 0) is 14.8 Å². The fourth-order valence-corrected chi connectivity index (χ4v) is 4.87. The molecule has 0 aliphatic rings. The van der Waals surface area contributed by atoms with Gasteiger partial charge in [0.05, 0.1) is 23.4 Å². The second-order valence-corrected chi connectivity index (χ2v) is 8.71. The summed E-state index contributed by atoms with van der Waals surface area (Å²) in [7, 11) is -2.57. The molecule has 0 radical (unpaired) electrons. The van der Waals surface area contributed by atoms with Crippen molar-refractivity contribution in [2.45, 2.75) is 4.90 Å². The number of benzene rings is 1. The molecule has 0 unspecified atom stereocenters. The number of hydrogen-bond acceptors (Lipinski definition) is 7. The fraction of sp³-hybridized carbons (Fsp3) is 0.0588. The van der Waals surface area contributed by atoms with Crippen molar-refractivity contribution >= 4 is 55.9 Å². The molecule has 2 heterocycles. The lowest BCUT2D eigenvalue weighted by Gasteiger charge is -2.09. The van der Waals surface area contributed by atoms with Crippen molar-refractivity contribution in [2.75, 3.05) is 17.1 Å². The molecule has 1 aromatic carbocycles. The van der Waals surface area contributed by atoms with E-state index in [0.29, 0.717) is 5.69 Å². The molecule has 0 spiro atoms. The van der Waals surface area contributed by atoms with Gasteiger partial charge in [-0.25, -0.2) is 13.2 Å². The lowest BCUT2D eigenvalue weighted by atomic mass is 10.3. The number of thiophene rings is 2. The first-order chi connectivity index (χ1) is 12.9. The third kappa shape index (κ3) is 4.18. The quantitative estimate of drug-likeness (QED) is 0.591. The maximum absolute atomic E-state index is 12.6. The maximum Gasteiger partial charge on any atom is 0.350 e. The summed E-state index contributed by atoms with van der Waals surface area (Å²) in [6.07, 6.45) is 0. The predicted molar refractivity (Wildman–Crippen MR) is 105 cm³/mol. The van der Waals surface area contributed by atoms with Gasteiger partial charge in [-0.3, -0.25) is 9.52 Å². The summed E-state index contributed by atoms with van der Waals surface area (Å²) in [6.45, 7) is 0. The Balaban J connectivity index is 1.82. The first kappa shape index (κ1) is 19.1. The zero-order chi connectivity index (χ0) is 19.4. The molecule has 2 N–H and O–H groups in total. The number of rotatable bonds is 6. The maximum atomic E-state index is 12.6. The number of anilines is 2.